The molecule has 1 aromatic rings. The van der Waals surface area contributed by atoms with E-state index in [4.69, 9.17) is 4.74 Å². The van der Waals surface area contributed by atoms with Crippen LogP contribution in [0.15, 0.2) is 24.3 Å². The van der Waals surface area contributed by atoms with E-state index in [2.05, 4.69) is 34.5 Å². The van der Waals surface area contributed by atoms with Crippen molar-refractivity contribution in [3.05, 3.63) is 29.8 Å². The molecule has 0 aromatic heterocycles. The van der Waals surface area contributed by atoms with Gasteiger partial charge in [-0.25, -0.2) is 0 Å². The third-order valence-electron chi connectivity index (χ3n) is 4.32. The van der Waals surface area contributed by atoms with Crippen LogP contribution in [0.25, 0.3) is 0 Å². The first-order valence-electron chi connectivity index (χ1n) is 6.60. The van der Waals surface area contributed by atoms with Crippen LogP contribution in [-0.2, 0) is 6.42 Å². The summed E-state index contributed by atoms with van der Waals surface area (Å²) in [5, 5.41) is 3.55. The number of hydrogen-bond donors (Lipinski definition) is 1. The number of para-hydroxylation sites is 1. The quantitative estimate of drug-likeness (QED) is 0.821. The number of hydrogen-bond acceptors (Lipinski definition) is 3. The zero-order valence-corrected chi connectivity index (χ0v) is 9.93. The summed E-state index contributed by atoms with van der Waals surface area (Å²) in [5.41, 5.74) is 1.37. The minimum Gasteiger partial charge on any atom is -0.488 e. The fraction of sp³-hybridized carbons (Fsp3) is 0.571. The predicted octanol–water partition coefficient (Wildman–Crippen LogP) is 1.04. The molecule has 2 fully saturated rings. The zero-order valence-electron chi connectivity index (χ0n) is 9.93. The molecule has 1 N–H and O–H groups in total. The number of piperazine rings is 1. The highest BCUT2D eigenvalue weighted by Gasteiger charge is 2.39. The first-order chi connectivity index (χ1) is 8.38. The molecule has 17 heavy (non-hydrogen) atoms. The fourth-order valence-corrected chi connectivity index (χ4v) is 3.49. The predicted molar refractivity (Wildman–Crippen MR) is 66.3 cm³/mol. The summed E-state index contributed by atoms with van der Waals surface area (Å²) in [4.78, 5) is 2.61. The van der Waals surface area contributed by atoms with E-state index in [1.54, 1.807) is 0 Å². The van der Waals surface area contributed by atoms with Gasteiger partial charge in [-0.05, 0) is 18.1 Å². The topological polar surface area (TPSA) is 24.5 Å². The summed E-state index contributed by atoms with van der Waals surface area (Å²) in [6, 6.07) is 9.94. The standard InChI is InChI=1S/C14H18N2O/c1-2-4-14-10(3-1)5-13(17-14)9-16-8-11-6-12(16)7-15-11/h1-4,11-13,15H,5-9H2/t11-,12-,13?/m0/s1. The molecule has 3 aliphatic heterocycles. The normalized spacial score (nSPS) is 34.9. The van der Waals surface area contributed by atoms with E-state index in [1.165, 1.54) is 25.1 Å². The Bertz CT molecular complexity index is 409. The van der Waals surface area contributed by atoms with Gasteiger partial charge in [0.2, 0.25) is 0 Å². The molecular formula is C14H18N2O. The number of benzene rings is 1. The Hall–Kier alpha value is -1.06. The number of rotatable bonds is 2. The lowest BCUT2D eigenvalue weighted by atomic mass is 10.1. The Morgan fingerprint density at radius 2 is 2.29 bits per heavy atom. The second-order valence-electron chi connectivity index (χ2n) is 5.50. The Kier molecular flexibility index (Phi) is 2.17. The van der Waals surface area contributed by atoms with Crippen molar-refractivity contribution in [1.29, 1.82) is 0 Å². The van der Waals surface area contributed by atoms with Crippen LogP contribution in [0.2, 0.25) is 0 Å². The molecule has 0 saturated carbocycles. The summed E-state index contributed by atoms with van der Waals surface area (Å²) >= 11 is 0. The molecule has 3 heteroatoms. The molecular weight excluding hydrogens is 212 g/mol. The number of likely N-dealkylation sites (tertiary alicyclic amines) is 1. The van der Waals surface area contributed by atoms with Gasteiger partial charge in [0.1, 0.15) is 11.9 Å². The second-order valence-corrected chi connectivity index (χ2v) is 5.50. The van der Waals surface area contributed by atoms with Gasteiger partial charge in [-0.1, -0.05) is 18.2 Å². The highest BCUT2D eigenvalue weighted by Crippen LogP contribution is 2.30. The van der Waals surface area contributed by atoms with Crippen molar-refractivity contribution in [2.45, 2.75) is 31.0 Å². The molecule has 2 bridgehead atoms. The van der Waals surface area contributed by atoms with Gasteiger partial charge in [-0.2, -0.15) is 0 Å². The molecule has 0 radical (unpaired) electrons. The van der Waals surface area contributed by atoms with Gasteiger partial charge in [0, 0.05) is 38.1 Å². The van der Waals surface area contributed by atoms with Crippen molar-refractivity contribution in [2.75, 3.05) is 19.6 Å². The van der Waals surface area contributed by atoms with Crippen molar-refractivity contribution in [3.8, 4) is 5.75 Å². The van der Waals surface area contributed by atoms with Crippen molar-refractivity contribution in [3.63, 3.8) is 0 Å². The van der Waals surface area contributed by atoms with E-state index in [0.29, 0.717) is 6.10 Å². The van der Waals surface area contributed by atoms with E-state index in [0.717, 1.165) is 30.8 Å². The van der Waals surface area contributed by atoms with Crippen LogP contribution in [0.3, 0.4) is 0 Å². The average Bonchev–Trinajstić information content (AvgIpc) is 3.01. The molecule has 90 valence electrons. The minimum atomic E-state index is 0.367. The van der Waals surface area contributed by atoms with E-state index in [9.17, 15) is 0 Å². The van der Waals surface area contributed by atoms with E-state index in [1.807, 2.05) is 0 Å². The summed E-state index contributed by atoms with van der Waals surface area (Å²) in [6.07, 6.45) is 2.78. The van der Waals surface area contributed by atoms with Crippen molar-refractivity contribution in [2.24, 2.45) is 0 Å². The van der Waals surface area contributed by atoms with Crippen LogP contribution < -0.4 is 10.1 Å². The van der Waals surface area contributed by atoms with Gasteiger partial charge >= 0.3 is 0 Å². The van der Waals surface area contributed by atoms with E-state index < -0.39 is 0 Å². The Labute approximate surface area is 102 Å². The first-order valence-corrected chi connectivity index (χ1v) is 6.60. The molecule has 3 atom stereocenters. The van der Waals surface area contributed by atoms with Crippen LogP contribution in [0.4, 0.5) is 0 Å². The second kappa shape index (κ2) is 3.72. The number of ether oxygens (including phenoxy) is 1. The fourth-order valence-electron chi connectivity index (χ4n) is 3.49. The van der Waals surface area contributed by atoms with Crippen LogP contribution in [-0.4, -0.2) is 42.7 Å². The van der Waals surface area contributed by atoms with Gasteiger partial charge in [0.15, 0.2) is 0 Å². The van der Waals surface area contributed by atoms with Crippen molar-refractivity contribution >= 4 is 0 Å². The number of nitrogens with one attached hydrogen (secondary N) is 1. The molecule has 0 aliphatic carbocycles. The largest absolute Gasteiger partial charge is 0.488 e. The third-order valence-corrected chi connectivity index (χ3v) is 4.32. The maximum atomic E-state index is 6.01. The van der Waals surface area contributed by atoms with Gasteiger partial charge in [0.05, 0.1) is 0 Å². The average molecular weight is 230 g/mol. The van der Waals surface area contributed by atoms with E-state index >= 15 is 0 Å². The summed E-state index contributed by atoms with van der Waals surface area (Å²) < 4.78 is 6.01. The molecule has 4 rings (SSSR count). The smallest absolute Gasteiger partial charge is 0.123 e. The zero-order chi connectivity index (χ0) is 11.2. The lowest BCUT2D eigenvalue weighted by Crippen LogP contribution is -2.47. The lowest BCUT2D eigenvalue weighted by molar-refractivity contribution is 0.131. The molecule has 2 saturated heterocycles. The molecule has 3 nitrogen and oxygen atoms in total. The lowest BCUT2D eigenvalue weighted by Gasteiger charge is -2.29. The minimum absolute atomic E-state index is 0.367. The van der Waals surface area contributed by atoms with Crippen LogP contribution in [0.1, 0.15) is 12.0 Å². The van der Waals surface area contributed by atoms with Gasteiger partial charge in [-0.3, -0.25) is 4.90 Å². The molecule has 3 heterocycles. The third kappa shape index (κ3) is 1.65. The van der Waals surface area contributed by atoms with Crippen molar-refractivity contribution < 1.29 is 4.74 Å². The first kappa shape index (κ1) is 9.92. The summed E-state index contributed by atoms with van der Waals surface area (Å²) in [7, 11) is 0. The van der Waals surface area contributed by atoms with Gasteiger partial charge in [-0.15, -0.1) is 0 Å². The highest BCUT2D eigenvalue weighted by atomic mass is 16.5. The highest BCUT2D eigenvalue weighted by molar-refractivity contribution is 5.37. The van der Waals surface area contributed by atoms with Gasteiger partial charge in [0.25, 0.3) is 0 Å². The molecule has 0 amide bonds. The Balaban J connectivity index is 1.43. The monoisotopic (exact) mass is 230 g/mol. The van der Waals surface area contributed by atoms with E-state index in [-0.39, 0.29) is 0 Å². The maximum absolute atomic E-state index is 6.01. The van der Waals surface area contributed by atoms with Crippen molar-refractivity contribution in [1.82, 2.24) is 10.2 Å². The summed E-state index contributed by atoms with van der Waals surface area (Å²) in [5.74, 6) is 1.10. The Morgan fingerprint density at radius 1 is 1.35 bits per heavy atom. The number of nitrogens with zero attached hydrogens (tertiary/aromatic N) is 1. The number of fused-ring (bicyclic) bond motifs is 3. The molecule has 1 unspecified atom stereocenters. The maximum Gasteiger partial charge on any atom is 0.123 e. The van der Waals surface area contributed by atoms with Gasteiger partial charge < -0.3 is 10.1 Å². The molecule has 0 spiro atoms. The molecule has 1 aromatic carbocycles. The van der Waals surface area contributed by atoms with Crippen LogP contribution in [0.5, 0.6) is 5.75 Å². The van der Waals surface area contributed by atoms with Crippen LogP contribution in [0, 0.1) is 0 Å². The Morgan fingerprint density at radius 3 is 3.06 bits per heavy atom. The summed E-state index contributed by atoms with van der Waals surface area (Å²) in [6.45, 7) is 3.47. The van der Waals surface area contributed by atoms with Crippen LogP contribution >= 0.6 is 0 Å². The molecule has 3 aliphatic rings. The SMILES string of the molecule is c1ccc2c(c1)CC(CN1C[C@@H]3C[C@H]1CN3)O2.